The lowest BCUT2D eigenvalue weighted by molar-refractivity contribution is 0.442. The van der Waals surface area contributed by atoms with E-state index in [-0.39, 0.29) is 11.5 Å². The van der Waals surface area contributed by atoms with Gasteiger partial charge in [0.25, 0.3) is 0 Å². The van der Waals surface area contributed by atoms with E-state index in [4.69, 9.17) is 16.7 Å². The molecule has 16 heavy (non-hydrogen) atoms. The Bertz CT molecular complexity index is 497. The third kappa shape index (κ3) is 2.62. The Kier molecular flexibility index (Phi) is 3.27. The quantitative estimate of drug-likeness (QED) is 0.852. The number of phenols is 2. The van der Waals surface area contributed by atoms with Crippen LogP contribution in [0.15, 0.2) is 52.3 Å². The van der Waals surface area contributed by atoms with E-state index in [9.17, 15) is 5.11 Å². The molecule has 0 saturated heterocycles. The highest BCUT2D eigenvalue weighted by Gasteiger charge is 2.04. The Labute approximate surface area is 103 Å². The van der Waals surface area contributed by atoms with Gasteiger partial charge >= 0.3 is 0 Å². The van der Waals surface area contributed by atoms with Gasteiger partial charge in [0.05, 0.1) is 4.90 Å². The van der Waals surface area contributed by atoms with E-state index >= 15 is 0 Å². The number of hydrogen-bond donors (Lipinski definition) is 2. The molecular weight excluding hydrogens is 244 g/mol. The molecule has 0 saturated carbocycles. The maximum absolute atomic E-state index is 9.60. The molecule has 2 N–H and O–H groups in total. The van der Waals surface area contributed by atoms with Gasteiger partial charge in [0.2, 0.25) is 0 Å². The summed E-state index contributed by atoms with van der Waals surface area (Å²) < 4.78 is 0. The highest BCUT2D eigenvalue weighted by atomic mass is 35.5. The molecule has 82 valence electrons. The number of benzene rings is 2. The molecule has 0 atom stereocenters. The van der Waals surface area contributed by atoms with E-state index in [1.165, 1.54) is 23.9 Å². The molecule has 0 heterocycles. The van der Waals surface area contributed by atoms with Crippen molar-refractivity contribution in [2.24, 2.45) is 0 Å². The van der Waals surface area contributed by atoms with Gasteiger partial charge in [-0.25, -0.2) is 0 Å². The fourth-order valence-corrected chi connectivity index (χ4v) is 2.17. The smallest absolute Gasteiger partial charge is 0.133 e. The van der Waals surface area contributed by atoms with Crippen molar-refractivity contribution in [3.05, 3.63) is 47.5 Å². The van der Waals surface area contributed by atoms with Crippen molar-refractivity contribution in [3.63, 3.8) is 0 Å². The zero-order chi connectivity index (χ0) is 11.5. The van der Waals surface area contributed by atoms with E-state index in [1.54, 1.807) is 18.2 Å². The molecule has 0 aliphatic rings. The molecule has 0 aliphatic heterocycles. The van der Waals surface area contributed by atoms with Crippen molar-refractivity contribution in [1.29, 1.82) is 0 Å². The maximum Gasteiger partial charge on any atom is 0.133 e. The Balaban J connectivity index is 2.23. The molecule has 0 amide bonds. The molecule has 4 heteroatoms. The molecule has 0 spiro atoms. The van der Waals surface area contributed by atoms with E-state index in [0.717, 1.165) is 4.90 Å². The molecule has 2 aromatic carbocycles. The topological polar surface area (TPSA) is 40.5 Å². The summed E-state index contributed by atoms with van der Waals surface area (Å²) in [6.07, 6.45) is 0. The van der Waals surface area contributed by atoms with Gasteiger partial charge in [0.15, 0.2) is 0 Å². The molecule has 0 radical (unpaired) electrons. The summed E-state index contributed by atoms with van der Waals surface area (Å²) >= 11 is 7.19. The fraction of sp³-hybridized carbons (Fsp3) is 0. The summed E-state index contributed by atoms with van der Waals surface area (Å²) in [6, 6.07) is 11.9. The lowest BCUT2D eigenvalue weighted by atomic mass is 10.3. The van der Waals surface area contributed by atoms with Crippen molar-refractivity contribution in [2.75, 3.05) is 0 Å². The van der Waals surface area contributed by atoms with Crippen molar-refractivity contribution in [3.8, 4) is 11.5 Å². The van der Waals surface area contributed by atoms with Gasteiger partial charge in [-0.15, -0.1) is 0 Å². The van der Waals surface area contributed by atoms with Gasteiger partial charge < -0.3 is 10.2 Å². The minimum Gasteiger partial charge on any atom is -0.508 e. The summed E-state index contributed by atoms with van der Waals surface area (Å²) in [5.74, 6) is 0.123. The van der Waals surface area contributed by atoms with Crippen LogP contribution in [-0.4, -0.2) is 10.2 Å². The molecule has 2 rings (SSSR count). The van der Waals surface area contributed by atoms with E-state index in [1.807, 2.05) is 12.1 Å². The van der Waals surface area contributed by atoms with Crippen LogP contribution in [0, 0.1) is 0 Å². The second kappa shape index (κ2) is 4.68. The highest BCUT2D eigenvalue weighted by Crippen LogP contribution is 2.36. The van der Waals surface area contributed by atoms with Gasteiger partial charge in [-0.3, -0.25) is 0 Å². The molecule has 0 unspecified atom stereocenters. The van der Waals surface area contributed by atoms with E-state index in [2.05, 4.69) is 0 Å². The third-order valence-corrected chi connectivity index (χ3v) is 3.31. The monoisotopic (exact) mass is 252 g/mol. The first-order valence-electron chi connectivity index (χ1n) is 4.60. The van der Waals surface area contributed by atoms with E-state index < -0.39 is 0 Å². The van der Waals surface area contributed by atoms with Crippen LogP contribution in [-0.2, 0) is 0 Å². The molecule has 0 bridgehead atoms. The standard InChI is InChI=1S/C12H9ClO2S/c13-8-1-4-10(5-2-8)16-12-6-3-9(14)7-11(12)15/h1-7,14-15H. The lowest BCUT2D eigenvalue weighted by Gasteiger charge is -2.04. The van der Waals surface area contributed by atoms with E-state index in [0.29, 0.717) is 9.92 Å². The van der Waals surface area contributed by atoms with Crippen LogP contribution in [0.3, 0.4) is 0 Å². The number of aromatic hydroxyl groups is 2. The van der Waals surface area contributed by atoms with Crippen LogP contribution < -0.4 is 0 Å². The number of phenolic OH excluding ortho intramolecular Hbond substituents is 2. The summed E-state index contributed by atoms with van der Waals surface area (Å²) in [5.41, 5.74) is 0. The summed E-state index contributed by atoms with van der Waals surface area (Å²) in [5, 5.41) is 19.4. The second-order valence-electron chi connectivity index (χ2n) is 3.21. The zero-order valence-electron chi connectivity index (χ0n) is 8.22. The van der Waals surface area contributed by atoms with Crippen LogP contribution in [0.2, 0.25) is 5.02 Å². The number of hydrogen-bond acceptors (Lipinski definition) is 3. The second-order valence-corrected chi connectivity index (χ2v) is 4.76. The average molecular weight is 253 g/mol. The molecular formula is C12H9ClO2S. The lowest BCUT2D eigenvalue weighted by Crippen LogP contribution is -1.75. The molecule has 0 fully saturated rings. The zero-order valence-corrected chi connectivity index (χ0v) is 9.79. The van der Waals surface area contributed by atoms with Crippen LogP contribution in [0.25, 0.3) is 0 Å². The predicted molar refractivity (Wildman–Crippen MR) is 65.3 cm³/mol. The van der Waals surface area contributed by atoms with Gasteiger partial charge in [0, 0.05) is 16.0 Å². The van der Waals surface area contributed by atoms with Crippen molar-refractivity contribution >= 4 is 23.4 Å². The van der Waals surface area contributed by atoms with Gasteiger partial charge in [-0.05, 0) is 36.4 Å². The SMILES string of the molecule is Oc1ccc(Sc2ccc(Cl)cc2)c(O)c1. The first-order valence-corrected chi connectivity index (χ1v) is 5.80. The summed E-state index contributed by atoms with van der Waals surface area (Å²) in [7, 11) is 0. The van der Waals surface area contributed by atoms with Gasteiger partial charge in [-0.1, -0.05) is 23.4 Å². The molecule has 2 nitrogen and oxygen atoms in total. The van der Waals surface area contributed by atoms with Crippen molar-refractivity contribution in [1.82, 2.24) is 0 Å². The normalized spacial score (nSPS) is 10.3. The predicted octanol–water partition coefficient (Wildman–Crippen LogP) is 3.90. The Morgan fingerprint density at radius 3 is 2.25 bits per heavy atom. The first-order chi connectivity index (χ1) is 7.65. The largest absolute Gasteiger partial charge is 0.508 e. The van der Waals surface area contributed by atoms with Crippen molar-refractivity contribution in [2.45, 2.75) is 9.79 Å². The first kappa shape index (κ1) is 11.2. The Hall–Kier alpha value is -1.32. The number of halogens is 1. The maximum atomic E-state index is 9.60. The molecule has 0 aromatic heterocycles. The van der Waals surface area contributed by atoms with Crippen LogP contribution in [0.5, 0.6) is 11.5 Å². The minimum absolute atomic E-state index is 0.0537. The minimum atomic E-state index is 0.0537. The highest BCUT2D eigenvalue weighted by molar-refractivity contribution is 7.99. The van der Waals surface area contributed by atoms with Gasteiger partial charge in [0.1, 0.15) is 11.5 Å². The van der Waals surface area contributed by atoms with Crippen molar-refractivity contribution < 1.29 is 10.2 Å². The van der Waals surface area contributed by atoms with Gasteiger partial charge in [-0.2, -0.15) is 0 Å². The van der Waals surface area contributed by atoms with Crippen LogP contribution in [0.4, 0.5) is 0 Å². The Morgan fingerprint density at radius 2 is 1.62 bits per heavy atom. The molecule has 2 aromatic rings. The summed E-state index contributed by atoms with van der Waals surface area (Å²) in [4.78, 5) is 1.67. The third-order valence-electron chi connectivity index (χ3n) is 1.98. The number of rotatable bonds is 2. The van der Waals surface area contributed by atoms with Crippen LogP contribution >= 0.6 is 23.4 Å². The van der Waals surface area contributed by atoms with Crippen LogP contribution in [0.1, 0.15) is 0 Å². The average Bonchev–Trinajstić information content (AvgIpc) is 2.25. The Morgan fingerprint density at radius 1 is 0.938 bits per heavy atom. The summed E-state index contributed by atoms with van der Waals surface area (Å²) in [6.45, 7) is 0. The molecule has 0 aliphatic carbocycles. The fourth-order valence-electron chi connectivity index (χ4n) is 1.22.